The number of furan rings is 1. The Hall–Kier alpha value is -3.93. The molecule has 2 amide bonds. The van der Waals surface area contributed by atoms with Gasteiger partial charge in [0.2, 0.25) is 11.8 Å². The van der Waals surface area contributed by atoms with Crippen molar-refractivity contribution in [2.24, 2.45) is 17.8 Å². The SMILES string of the molecule is COCC1=C([C@H](O)CC/C(=C/c2ccc(CO)o2)c2ccccn2)[C@H](CO)[C@@H]2C(=O)N(C3CCN(Cc4ccccc4)CC3)C(=O)[C@@H]2C1. The first-order valence-corrected chi connectivity index (χ1v) is 16.9. The predicted molar refractivity (Wildman–Crippen MR) is 180 cm³/mol. The molecule has 1 aromatic carbocycles. The van der Waals surface area contributed by atoms with Gasteiger partial charge in [0.25, 0.3) is 0 Å². The van der Waals surface area contributed by atoms with E-state index in [1.165, 1.54) is 10.5 Å². The van der Waals surface area contributed by atoms with E-state index in [1.54, 1.807) is 25.4 Å². The summed E-state index contributed by atoms with van der Waals surface area (Å²) in [5.41, 5.74) is 4.16. The van der Waals surface area contributed by atoms with Gasteiger partial charge < -0.3 is 24.5 Å². The summed E-state index contributed by atoms with van der Waals surface area (Å²) in [5, 5.41) is 32.0. The number of pyridine rings is 1. The van der Waals surface area contributed by atoms with Gasteiger partial charge in [-0.1, -0.05) is 36.4 Å². The lowest BCUT2D eigenvalue weighted by molar-refractivity contribution is -0.144. The van der Waals surface area contributed by atoms with Gasteiger partial charge in [-0.3, -0.25) is 24.4 Å². The molecule has 2 aromatic heterocycles. The number of hydrogen-bond acceptors (Lipinski definition) is 9. The fraction of sp³-hybridized carbons (Fsp3) is 0.447. The zero-order chi connectivity index (χ0) is 33.6. The number of fused-ring (bicyclic) bond motifs is 1. The highest BCUT2D eigenvalue weighted by atomic mass is 16.5. The number of rotatable bonds is 13. The second-order valence-electron chi connectivity index (χ2n) is 13.1. The van der Waals surface area contributed by atoms with Crippen LogP contribution in [0.15, 0.2) is 82.4 Å². The summed E-state index contributed by atoms with van der Waals surface area (Å²) in [6.45, 7) is 2.04. The molecule has 6 rings (SSSR count). The first kappa shape index (κ1) is 34.0. The Balaban J connectivity index is 1.19. The molecule has 10 heteroatoms. The van der Waals surface area contributed by atoms with Gasteiger partial charge in [-0.05, 0) is 84.7 Å². The maximum atomic E-state index is 14.1. The van der Waals surface area contributed by atoms with E-state index in [9.17, 15) is 24.9 Å². The van der Waals surface area contributed by atoms with Crippen molar-refractivity contribution in [2.45, 2.75) is 57.4 Å². The third-order valence-electron chi connectivity index (χ3n) is 10.1. The molecule has 2 aliphatic heterocycles. The van der Waals surface area contributed by atoms with E-state index in [0.29, 0.717) is 42.8 Å². The lowest BCUT2D eigenvalue weighted by Crippen LogP contribution is -2.47. The van der Waals surface area contributed by atoms with Crippen LogP contribution in [0.3, 0.4) is 0 Å². The van der Waals surface area contributed by atoms with Crippen molar-refractivity contribution in [1.29, 1.82) is 0 Å². The van der Waals surface area contributed by atoms with Gasteiger partial charge in [0.1, 0.15) is 18.1 Å². The predicted octanol–water partition coefficient (Wildman–Crippen LogP) is 4.07. The van der Waals surface area contributed by atoms with Crippen molar-refractivity contribution in [2.75, 3.05) is 33.4 Å². The van der Waals surface area contributed by atoms with Crippen molar-refractivity contribution in [3.05, 3.63) is 101 Å². The molecule has 0 bridgehead atoms. The molecule has 48 heavy (non-hydrogen) atoms. The molecule has 0 unspecified atom stereocenters. The number of aromatic nitrogens is 1. The van der Waals surface area contributed by atoms with E-state index < -0.39 is 23.9 Å². The van der Waals surface area contributed by atoms with Gasteiger partial charge in [0, 0.05) is 44.9 Å². The van der Waals surface area contributed by atoms with Gasteiger partial charge in [0.15, 0.2) is 0 Å². The van der Waals surface area contributed by atoms with Crippen LogP contribution >= 0.6 is 0 Å². The third-order valence-corrected chi connectivity index (χ3v) is 10.1. The zero-order valence-electron chi connectivity index (χ0n) is 27.4. The maximum Gasteiger partial charge on any atom is 0.234 e. The van der Waals surface area contributed by atoms with Crippen LogP contribution in [-0.2, 0) is 27.5 Å². The topological polar surface area (TPSA) is 137 Å². The first-order chi connectivity index (χ1) is 23.4. The summed E-state index contributed by atoms with van der Waals surface area (Å²) >= 11 is 0. The van der Waals surface area contributed by atoms with E-state index in [4.69, 9.17) is 9.15 Å². The van der Waals surface area contributed by atoms with Crippen LogP contribution in [0, 0.1) is 17.8 Å². The van der Waals surface area contributed by atoms with Crippen LogP contribution in [-0.4, -0.2) is 87.5 Å². The number of aliphatic hydroxyl groups excluding tert-OH is 3. The number of hydrogen-bond donors (Lipinski definition) is 3. The number of methoxy groups -OCH3 is 1. The lowest BCUT2D eigenvalue weighted by atomic mass is 9.68. The summed E-state index contributed by atoms with van der Waals surface area (Å²) in [6.07, 6.45) is 5.00. The number of likely N-dealkylation sites (tertiary alicyclic amines) is 2. The molecule has 10 nitrogen and oxygen atoms in total. The van der Waals surface area contributed by atoms with Crippen molar-refractivity contribution in [3.63, 3.8) is 0 Å². The quantitative estimate of drug-likeness (QED) is 0.184. The van der Waals surface area contributed by atoms with Crippen LogP contribution in [0.25, 0.3) is 11.6 Å². The number of imide groups is 1. The van der Waals surface area contributed by atoms with Gasteiger partial charge in [-0.2, -0.15) is 0 Å². The Morgan fingerprint density at radius 1 is 1.04 bits per heavy atom. The average Bonchev–Trinajstić information content (AvgIpc) is 3.68. The Morgan fingerprint density at radius 3 is 2.48 bits per heavy atom. The molecule has 3 aliphatic rings. The number of ether oxygens (including phenoxy) is 1. The van der Waals surface area contributed by atoms with E-state index in [1.807, 2.05) is 42.5 Å². The molecule has 0 spiro atoms. The van der Waals surface area contributed by atoms with E-state index >= 15 is 0 Å². The van der Waals surface area contributed by atoms with Crippen molar-refractivity contribution in [1.82, 2.24) is 14.8 Å². The molecule has 3 aromatic rings. The minimum atomic E-state index is -0.983. The zero-order valence-corrected chi connectivity index (χ0v) is 27.4. The van der Waals surface area contributed by atoms with Crippen molar-refractivity contribution in [3.8, 4) is 0 Å². The highest BCUT2D eigenvalue weighted by Crippen LogP contribution is 2.47. The Kier molecular flexibility index (Phi) is 11.0. The summed E-state index contributed by atoms with van der Waals surface area (Å²) in [5.74, 6) is -1.40. The van der Waals surface area contributed by atoms with Crippen molar-refractivity contribution < 1.29 is 34.1 Å². The second-order valence-corrected chi connectivity index (χ2v) is 13.1. The summed E-state index contributed by atoms with van der Waals surface area (Å²) in [6, 6.07) is 19.2. The van der Waals surface area contributed by atoms with Crippen LogP contribution in [0.5, 0.6) is 0 Å². The lowest BCUT2D eigenvalue weighted by Gasteiger charge is -2.37. The third kappa shape index (κ3) is 7.23. The number of amides is 2. The number of benzene rings is 1. The maximum absolute atomic E-state index is 14.1. The largest absolute Gasteiger partial charge is 0.459 e. The number of piperidine rings is 1. The number of allylic oxidation sites excluding steroid dienone is 1. The summed E-state index contributed by atoms with van der Waals surface area (Å²) < 4.78 is 11.2. The minimum Gasteiger partial charge on any atom is -0.459 e. The van der Waals surface area contributed by atoms with Gasteiger partial charge in [-0.25, -0.2) is 0 Å². The molecule has 1 aliphatic carbocycles. The molecule has 2 fully saturated rings. The molecular formula is C38H45N3O7. The molecule has 254 valence electrons. The highest BCUT2D eigenvalue weighted by Gasteiger charge is 2.56. The normalized spacial score (nSPS) is 23.2. The van der Waals surface area contributed by atoms with Crippen molar-refractivity contribution >= 4 is 23.5 Å². The smallest absolute Gasteiger partial charge is 0.234 e. The van der Waals surface area contributed by atoms with E-state index in [0.717, 1.165) is 36.5 Å². The van der Waals surface area contributed by atoms with E-state index in [2.05, 4.69) is 22.0 Å². The standard InChI is InChI=1S/C38H45N3O7/c1-47-24-27-20-31-36(38(46)41(37(31)45)28-14-17-40(18-15-28)21-25-7-3-2-4-8-25)32(23-43)35(27)34(44)13-10-26(33-9-5-6-16-39-33)19-29-11-12-30(22-42)48-29/h2-9,11-12,16,19,28,31-32,34,36,42-44H,10,13-15,17-18,20-24H2,1H3/b26-19-/t31-,32+,34-,36-/m1/s1. The number of nitrogens with zero attached hydrogens (tertiary/aromatic N) is 3. The van der Waals surface area contributed by atoms with E-state index in [-0.39, 0.29) is 44.1 Å². The Labute approximate surface area is 281 Å². The van der Waals surface area contributed by atoms with Gasteiger partial charge in [0.05, 0.1) is 36.8 Å². The average molecular weight is 656 g/mol. The monoisotopic (exact) mass is 655 g/mol. The molecule has 0 saturated carbocycles. The fourth-order valence-electron chi connectivity index (χ4n) is 7.83. The molecule has 3 N–H and O–H groups in total. The molecule has 4 heterocycles. The van der Waals surface area contributed by atoms with Crippen LogP contribution in [0.2, 0.25) is 0 Å². The molecule has 4 atom stereocenters. The molecule has 0 radical (unpaired) electrons. The summed E-state index contributed by atoms with van der Waals surface area (Å²) in [4.78, 5) is 36.4. The van der Waals surface area contributed by atoms with Gasteiger partial charge in [-0.15, -0.1) is 0 Å². The Bertz CT molecular complexity index is 1610. The second kappa shape index (κ2) is 15.5. The van der Waals surface area contributed by atoms with Crippen LogP contribution in [0.4, 0.5) is 0 Å². The Morgan fingerprint density at radius 2 is 1.81 bits per heavy atom. The van der Waals surface area contributed by atoms with Crippen LogP contribution < -0.4 is 0 Å². The highest BCUT2D eigenvalue weighted by molar-refractivity contribution is 6.06. The number of carbonyl (C=O) groups excluding carboxylic acids is 2. The fourth-order valence-corrected chi connectivity index (χ4v) is 7.83. The summed E-state index contributed by atoms with van der Waals surface area (Å²) in [7, 11) is 1.57. The number of carbonyl (C=O) groups is 2. The minimum absolute atomic E-state index is 0.173. The van der Waals surface area contributed by atoms with Gasteiger partial charge >= 0.3 is 0 Å². The number of aliphatic hydroxyl groups is 3. The molecule has 2 saturated heterocycles. The first-order valence-electron chi connectivity index (χ1n) is 16.9. The van der Waals surface area contributed by atoms with Crippen LogP contribution in [0.1, 0.15) is 54.9 Å². The molecular weight excluding hydrogens is 610 g/mol.